The quantitative estimate of drug-likeness (QED) is 0.768. The van der Waals surface area contributed by atoms with Crippen LogP contribution in [0.2, 0.25) is 0 Å². The van der Waals surface area contributed by atoms with Crippen LogP contribution in [-0.2, 0) is 11.3 Å². The lowest BCUT2D eigenvalue weighted by Gasteiger charge is -2.25. The molecule has 5 heteroatoms. The van der Waals surface area contributed by atoms with Crippen molar-refractivity contribution in [3.05, 3.63) is 35.4 Å². The van der Waals surface area contributed by atoms with Crippen LogP contribution in [0.25, 0.3) is 0 Å². The van der Waals surface area contributed by atoms with Gasteiger partial charge >= 0.3 is 0 Å². The Labute approximate surface area is 119 Å². The van der Waals surface area contributed by atoms with Gasteiger partial charge in [-0.1, -0.05) is 32.9 Å². The van der Waals surface area contributed by atoms with Crippen LogP contribution in [0.3, 0.4) is 0 Å². The van der Waals surface area contributed by atoms with Crippen molar-refractivity contribution in [1.29, 1.82) is 0 Å². The maximum atomic E-state index is 11.9. The predicted octanol–water partition coefficient (Wildman–Crippen LogP) is 1.04. The molecule has 1 atom stereocenters. The van der Waals surface area contributed by atoms with Crippen molar-refractivity contribution >= 4 is 11.8 Å². The van der Waals surface area contributed by atoms with Crippen LogP contribution in [0.15, 0.2) is 24.3 Å². The van der Waals surface area contributed by atoms with E-state index in [1.54, 1.807) is 25.2 Å². The van der Waals surface area contributed by atoms with Crippen molar-refractivity contribution in [2.24, 2.45) is 11.1 Å². The molecule has 0 spiro atoms. The molecular weight excluding hydrogens is 254 g/mol. The number of nitrogens with two attached hydrogens (primary N) is 1. The summed E-state index contributed by atoms with van der Waals surface area (Å²) in [5.74, 6) is -0.340. The summed E-state index contributed by atoms with van der Waals surface area (Å²) in [6, 6.07) is 6.56. The summed E-state index contributed by atoms with van der Waals surface area (Å²) in [7, 11) is 1.58. The lowest BCUT2D eigenvalue weighted by molar-refractivity contribution is -0.124. The fourth-order valence-corrected chi connectivity index (χ4v) is 1.66. The Morgan fingerprint density at radius 3 is 2.50 bits per heavy atom. The van der Waals surface area contributed by atoms with Gasteiger partial charge in [-0.25, -0.2) is 0 Å². The second-order valence-electron chi connectivity index (χ2n) is 5.84. The highest BCUT2D eigenvalue weighted by Gasteiger charge is 2.27. The van der Waals surface area contributed by atoms with Crippen molar-refractivity contribution < 1.29 is 9.59 Å². The van der Waals surface area contributed by atoms with Crippen LogP contribution in [0.5, 0.6) is 0 Å². The molecule has 0 aliphatic rings. The fourth-order valence-electron chi connectivity index (χ4n) is 1.66. The van der Waals surface area contributed by atoms with E-state index in [2.05, 4.69) is 10.6 Å². The molecule has 110 valence electrons. The molecule has 0 saturated carbocycles. The number of amides is 2. The number of carbonyl (C=O) groups excluding carboxylic acids is 2. The number of benzene rings is 1. The van der Waals surface area contributed by atoms with Crippen molar-refractivity contribution in [1.82, 2.24) is 10.6 Å². The first-order valence-electron chi connectivity index (χ1n) is 6.60. The molecule has 20 heavy (non-hydrogen) atoms. The summed E-state index contributed by atoms with van der Waals surface area (Å²) in [4.78, 5) is 23.4. The second-order valence-corrected chi connectivity index (χ2v) is 5.84. The van der Waals surface area contributed by atoms with Crippen molar-refractivity contribution in [2.45, 2.75) is 33.4 Å². The van der Waals surface area contributed by atoms with Gasteiger partial charge in [-0.3, -0.25) is 9.59 Å². The SMILES string of the molecule is CNC(=O)c1cccc(CNC(=O)[C@@H](N)C(C)(C)C)c1. The topological polar surface area (TPSA) is 84.2 Å². The zero-order valence-electron chi connectivity index (χ0n) is 12.5. The summed E-state index contributed by atoms with van der Waals surface area (Å²) < 4.78 is 0. The lowest BCUT2D eigenvalue weighted by atomic mass is 9.87. The fraction of sp³-hybridized carbons (Fsp3) is 0.467. The van der Waals surface area contributed by atoms with E-state index in [1.807, 2.05) is 26.8 Å². The van der Waals surface area contributed by atoms with Gasteiger partial charge < -0.3 is 16.4 Å². The average molecular weight is 277 g/mol. The normalized spacial score (nSPS) is 12.7. The van der Waals surface area contributed by atoms with Crippen molar-refractivity contribution in [3.8, 4) is 0 Å². The summed E-state index contributed by atoms with van der Waals surface area (Å²) >= 11 is 0. The summed E-state index contributed by atoms with van der Waals surface area (Å²) in [5.41, 5.74) is 7.03. The van der Waals surface area contributed by atoms with Gasteiger partial charge in [0.15, 0.2) is 0 Å². The minimum absolute atomic E-state index is 0.149. The Balaban J connectivity index is 2.67. The van der Waals surface area contributed by atoms with Gasteiger partial charge in [0.05, 0.1) is 6.04 Å². The Kier molecular flexibility index (Phi) is 5.27. The zero-order valence-corrected chi connectivity index (χ0v) is 12.5. The second kappa shape index (κ2) is 6.52. The van der Waals surface area contributed by atoms with E-state index < -0.39 is 6.04 Å². The van der Waals surface area contributed by atoms with E-state index in [-0.39, 0.29) is 17.2 Å². The number of nitrogens with one attached hydrogen (secondary N) is 2. The number of carbonyl (C=O) groups is 2. The summed E-state index contributed by atoms with van der Waals surface area (Å²) in [5, 5.41) is 5.36. The minimum atomic E-state index is -0.565. The first-order valence-corrected chi connectivity index (χ1v) is 6.60. The number of rotatable bonds is 4. The summed E-state index contributed by atoms with van der Waals surface area (Å²) in [6.07, 6.45) is 0. The third kappa shape index (κ3) is 4.35. The molecule has 2 amide bonds. The molecule has 5 nitrogen and oxygen atoms in total. The minimum Gasteiger partial charge on any atom is -0.355 e. The molecule has 0 fully saturated rings. The number of hydrogen-bond acceptors (Lipinski definition) is 3. The largest absolute Gasteiger partial charge is 0.355 e. The van der Waals surface area contributed by atoms with Crippen molar-refractivity contribution in [2.75, 3.05) is 7.05 Å². The molecule has 0 radical (unpaired) electrons. The third-order valence-electron chi connectivity index (χ3n) is 3.10. The van der Waals surface area contributed by atoms with Gasteiger partial charge in [0.25, 0.3) is 5.91 Å². The van der Waals surface area contributed by atoms with Gasteiger partial charge in [-0.05, 0) is 23.1 Å². The predicted molar refractivity (Wildman–Crippen MR) is 79.1 cm³/mol. The Bertz CT molecular complexity index is 492. The van der Waals surface area contributed by atoms with E-state index >= 15 is 0 Å². The zero-order chi connectivity index (χ0) is 15.3. The highest BCUT2D eigenvalue weighted by molar-refractivity contribution is 5.94. The van der Waals surface area contributed by atoms with Gasteiger partial charge in [0.2, 0.25) is 5.91 Å². The molecular formula is C15H23N3O2. The third-order valence-corrected chi connectivity index (χ3v) is 3.10. The molecule has 0 aliphatic carbocycles. The van der Waals surface area contributed by atoms with Crippen molar-refractivity contribution in [3.63, 3.8) is 0 Å². The van der Waals surface area contributed by atoms with Crippen LogP contribution < -0.4 is 16.4 Å². The molecule has 0 aromatic heterocycles. The van der Waals surface area contributed by atoms with E-state index in [0.29, 0.717) is 12.1 Å². The Morgan fingerprint density at radius 1 is 1.30 bits per heavy atom. The lowest BCUT2D eigenvalue weighted by Crippen LogP contribution is -2.48. The highest BCUT2D eigenvalue weighted by Crippen LogP contribution is 2.17. The van der Waals surface area contributed by atoms with Crippen LogP contribution in [0, 0.1) is 5.41 Å². The van der Waals surface area contributed by atoms with E-state index in [0.717, 1.165) is 5.56 Å². The standard InChI is InChI=1S/C15H23N3O2/c1-15(2,3)12(16)14(20)18-9-10-6-5-7-11(8-10)13(19)17-4/h5-8,12H,9,16H2,1-4H3,(H,17,19)(H,18,20)/t12-/m1/s1. The molecule has 0 saturated heterocycles. The van der Waals surface area contributed by atoms with E-state index in [1.165, 1.54) is 0 Å². The monoisotopic (exact) mass is 277 g/mol. The van der Waals surface area contributed by atoms with Crippen LogP contribution >= 0.6 is 0 Å². The molecule has 0 heterocycles. The first kappa shape index (κ1) is 16.2. The van der Waals surface area contributed by atoms with Gasteiger partial charge in [-0.2, -0.15) is 0 Å². The Hall–Kier alpha value is -1.88. The maximum Gasteiger partial charge on any atom is 0.251 e. The smallest absolute Gasteiger partial charge is 0.251 e. The molecule has 1 aromatic carbocycles. The molecule has 1 rings (SSSR count). The molecule has 1 aromatic rings. The average Bonchev–Trinajstić information content (AvgIpc) is 2.42. The van der Waals surface area contributed by atoms with Crippen LogP contribution in [0.1, 0.15) is 36.7 Å². The number of hydrogen-bond donors (Lipinski definition) is 3. The van der Waals surface area contributed by atoms with E-state index in [9.17, 15) is 9.59 Å². The first-order chi connectivity index (χ1) is 9.25. The molecule has 0 unspecified atom stereocenters. The van der Waals surface area contributed by atoms with Gasteiger partial charge in [0.1, 0.15) is 0 Å². The van der Waals surface area contributed by atoms with Crippen LogP contribution in [-0.4, -0.2) is 24.9 Å². The molecule has 4 N–H and O–H groups in total. The Morgan fingerprint density at radius 2 is 1.95 bits per heavy atom. The van der Waals surface area contributed by atoms with Gasteiger partial charge in [-0.15, -0.1) is 0 Å². The molecule has 0 aliphatic heterocycles. The highest BCUT2D eigenvalue weighted by atomic mass is 16.2. The van der Waals surface area contributed by atoms with E-state index in [4.69, 9.17) is 5.73 Å². The van der Waals surface area contributed by atoms with Gasteiger partial charge in [0, 0.05) is 19.2 Å². The van der Waals surface area contributed by atoms with Crippen LogP contribution in [0.4, 0.5) is 0 Å². The molecule has 0 bridgehead atoms. The maximum absolute atomic E-state index is 11.9. The summed E-state index contributed by atoms with van der Waals surface area (Å²) in [6.45, 7) is 6.11.